The van der Waals surface area contributed by atoms with Gasteiger partial charge in [0.15, 0.2) is 0 Å². The number of rotatable bonds is 2. The Balaban J connectivity index is 2.14. The number of amides is 1. The zero-order valence-electron chi connectivity index (χ0n) is 13.0. The number of benzene rings is 2. The summed E-state index contributed by atoms with van der Waals surface area (Å²) in [5.74, 6) is -0.798. The fraction of sp³-hybridized carbons (Fsp3) is 0.235. The second-order valence-electron chi connectivity index (χ2n) is 5.84. The highest BCUT2D eigenvalue weighted by Crippen LogP contribution is 2.41. The monoisotopic (exact) mass is 374 g/mol. The molecule has 1 amide bonds. The molecule has 1 unspecified atom stereocenters. The molecule has 0 aliphatic carbocycles. The first-order valence-electron chi connectivity index (χ1n) is 7.43. The van der Waals surface area contributed by atoms with Crippen molar-refractivity contribution in [2.24, 2.45) is 5.73 Å². The van der Waals surface area contributed by atoms with Crippen molar-refractivity contribution in [1.82, 2.24) is 0 Å². The molecule has 0 fully saturated rings. The largest absolute Gasteiger partial charge is 0.416 e. The number of fused-ring (bicyclic) bond motifs is 1. The predicted octanol–water partition coefficient (Wildman–Crippen LogP) is 4.43. The van der Waals surface area contributed by atoms with Crippen molar-refractivity contribution in [3.63, 3.8) is 0 Å². The highest BCUT2D eigenvalue weighted by Gasteiger charge is 2.44. The molecule has 3 nitrogen and oxygen atoms in total. The van der Waals surface area contributed by atoms with Crippen LogP contribution in [0, 0.1) is 0 Å². The minimum atomic E-state index is -4.93. The SMILES string of the molecule is NC(c1cc2c(c(C(F)(F)F)c1)CN(c1ccccc1)C2=O)C(F)(F)F. The van der Waals surface area contributed by atoms with Gasteiger partial charge in [0.05, 0.1) is 12.1 Å². The number of nitrogens with two attached hydrogens (primary N) is 1. The lowest BCUT2D eigenvalue weighted by atomic mass is 9.95. The third-order valence-corrected chi connectivity index (χ3v) is 4.15. The maximum absolute atomic E-state index is 13.4. The zero-order chi connectivity index (χ0) is 19.3. The van der Waals surface area contributed by atoms with Crippen LogP contribution in [0.15, 0.2) is 42.5 Å². The number of halogens is 6. The third-order valence-electron chi connectivity index (χ3n) is 4.15. The average molecular weight is 374 g/mol. The van der Waals surface area contributed by atoms with Crippen molar-refractivity contribution in [3.8, 4) is 0 Å². The van der Waals surface area contributed by atoms with Gasteiger partial charge >= 0.3 is 12.4 Å². The van der Waals surface area contributed by atoms with Gasteiger partial charge in [-0.1, -0.05) is 18.2 Å². The third kappa shape index (κ3) is 3.14. The summed E-state index contributed by atoms with van der Waals surface area (Å²) in [4.78, 5) is 13.6. The molecule has 2 aromatic rings. The van der Waals surface area contributed by atoms with E-state index in [1.807, 2.05) is 0 Å². The quantitative estimate of drug-likeness (QED) is 0.791. The Morgan fingerprint density at radius 1 is 1.00 bits per heavy atom. The van der Waals surface area contributed by atoms with Gasteiger partial charge in [-0.15, -0.1) is 0 Å². The van der Waals surface area contributed by atoms with Gasteiger partial charge in [0, 0.05) is 11.3 Å². The predicted molar refractivity (Wildman–Crippen MR) is 81.4 cm³/mol. The molecule has 9 heteroatoms. The van der Waals surface area contributed by atoms with E-state index in [1.54, 1.807) is 18.2 Å². The Bertz CT molecular complexity index is 845. The molecule has 2 N–H and O–H groups in total. The minimum absolute atomic E-state index is 0.350. The molecular weight excluding hydrogens is 362 g/mol. The van der Waals surface area contributed by atoms with E-state index in [0.717, 1.165) is 11.0 Å². The van der Waals surface area contributed by atoms with Crippen LogP contribution < -0.4 is 10.6 Å². The van der Waals surface area contributed by atoms with Gasteiger partial charge in [0.25, 0.3) is 5.91 Å². The van der Waals surface area contributed by atoms with Gasteiger partial charge in [-0.05, 0) is 35.4 Å². The van der Waals surface area contributed by atoms with E-state index >= 15 is 0 Å². The molecule has 0 saturated heterocycles. The molecular formula is C17H12F6N2O. The summed E-state index contributed by atoms with van der Waals surface area (Å²) in [7, 11) is 0. The van der Waals surface area contributed by atoms with Crippen molar-refractivity contribution in [2.45, 2.75) is 24.9 Å². The van der Waals surface area contributed by atoms with Crippen LogP contribution in [0.5, 0.6) is 0 Å². The Morgan fingerprint density at radius 2 is 1.62 bits per heavy atom. The maximum Gasteiger partial charge on any atom is 0.416 e. The fourth-order valence-corrected chi connectivity index (χ4v) is 2.87. The van der Waals surface area contributed by atoms with Crippen LogP contribution in [0.3, 0.4) is 0 Å². The Labute approximate surface area is 144 Å². The number of carbonyl (C=O) groups excluding carboxylic acids is 1. The lowest BCUT2D eigenvalue weighted by Crippen LogP contribution is -2.29. The van der Waals surface area contributed by atoms with Crippen molar-refractivity contribution in [3.05, 3.63) is 64.7 Å². The van der Waals surface area contributed by atoms with E-state index in [4.69, 9.17) is 5.73 Å². The van der Waals surface area contributed by atoms with Crippen molar-refractivity contribution in [1.29, 1.82) is 0 Å². The maximum atomic E-state index is 13.4. The molecule has 0 saturated carbocycles. The molecule has 0 radical (unpaired) electrons. The van der Waals surface area contributed by atoms with Gasteiger partial charge in [-0.25, -0.2) is 0 Å². The first-order valence-corrected chi connectivity index (χ1v) is 7.43. The standard InChI is InChI=1S/C17H12F6N2O/c18-16(19,20)13-7-9(14(24)17(21,22)23)6-11-12(13)8-25(15(11)26)10-4-2-1-3-5-10/h1-7,14H,8,24H2. The second-order valence-corrected chi connectivity index (χ2v) is 5.84. The van der Waals surface area contributed by atoms with Crippen LogP contribution in [0.4, 0.5) is 32.0 Å². The van der Waals surface area contributed by atoms with E-state index in [2.05, 4.69) is 0 Å². The van der Waals surface area contributed by atoms with Crippen LogP contribution >= 0.6 is 0 Å². The lowest BCUT2D eigenvalue weighted by molar-refractivity contribution is -0.150. The summed E-state index contributed by atoms with van der Waals surface area (Å²) >= 11 is 0. The number of para-hydroxylation sites is 1. The highest BCUT2D eigenvalue weighted by atomic mass is 19.4. The van der Waals surface area contributed by atoms with Gasteiger partial charge in [-0.2, -0.15) is 26.3 Å². The van der Waals surface area contributed by atoms with Crippen molar-refractivity contribution in [2.75, 3.05) is 4.90 Å². The van der Waals surface area contributed by atoms with Crippen LogP contribution in [0.2, 0.25) is 0 Å². The number of carbonyl (C=O) groups is 1. The number of alkyl halides is 6. The Hall–Kier alpha value is -2.55. The van der Waals surface area contributed by atoms with Gasteiger partial charge < -0.3 is 10.6 Å². The summed E-state index contributed by atoms with van der Waals surface area (Å²) in [6.07, 6.45) is -9.85. The van der Waals surface area contributed by atoms with Crippen molar-refractivity contribution < 1.29 is 31.1 Å². The van der Waals surface area contributed by atoms with Crippen LogP contribution in [0.25, 0.3) is 0 Å². The lowest BCUT2D eigenvalue weighted by Gasteiger charge is -2.19. The summed E-state index contributed by atoms with van der Waals surface area (Å²) in [5, 5.41) is 0. The molecule has 1 aliphatic heterocycles. The van der Waals surface area contributed by atoms with E-state index in [1.165, 1.54) is 12.1 Å². The van der Waals surface area contributed by atoms with Gasteiger partial charge in [0.2, 0.25) is 0 Å². The van der Waals surface area contributed by atoms with Gasteiger partial charge in [-0.3, -0.25) is 4.79 Å². The Kier molecular flexibility index (Phi) is 4.22. The molecule has 26 heavy (non-hydrogen) atoms. The molecule has 0 bridgehead atoms. The topological polar surface area (TPSA) is 46.3 Å². The summed E-state index contributed by atoms with van der Waals surface area (Å²) in [6, 6.07) is 6.47. The summed E-state index contributed by atoms with van der Waals surface area (Å²) in [5.41, 5.74) is 2.55. The Morgan fingerprint density at radius 3 is 2.15 bits per heavy atom. The molecule has 3 rings (SSSR count). The number of hydrogen-bond donors (Lipinski definition) is 1. The first kappa shape index (κ1) is 18.2. The fourth-order valence-electron chi connectivity index (χ4n) is 2.87. The average Bonchev–Trinajstić information content (AvgIpc) is 2.89. The molecule has 1 atom stereocenters. The number of hydrogen-bond acceptors (Lipinski definition) is 2. The van der Waals surface area contributed by atoms with E-state index in [-0.39, 0.29) is 12.1 Å². The normalized spacial score (nSPS) is 16.0. The smallest absolute Gasteiger partial charge is 0.316 e. The zero-order valence-corrected chi connectivity index (χ0v) is 13.0. The van der Waals surface area contributed by atoms with Crippen molar-refractivity contribution >= 4 is 11.6 Å². The van der Waals surface area contributed by atoms with Crippen LogP contribution in [-0.4, -0.2) is 12.1 Å². The number of anilines is 1. The molecule has 0 spiro atoms. The summed E-state index contributed by atoms with van der Waals surface area (Å²) < 4.78 is 78.7. The molecule has 0 aromatic heterocycles. The van der Waals surface area contributed by atoms with Gasteiger partial charge in [0.1, 0.15) is 6.04 Å². The molecule has 1 aliphatic rings. The first-order chi connectivity index (χ1) is 12.0. The van der Waals surface area contributed by atoms with E-state index in [0.29, 0.717) is 11.8 Å². The molecule has 138 valence electrons. The minimum Gasteiger partial charge on any atom is -0.316 e. The second kappa shape index (κ2) is 6.01. The molecule has 2 aromatic carbocycles. The van der Waals surface area contributed by atoms with E-state index < -0.39 is 41.0 Å². The molecule has 1 heterocycles. The summed E-state index contributed by atoms with van der Waals surface area (Å²) in [6.45, 7) is -0.380. The van der Waals surface area contributed by atoms with E-state index in [9.17, 15) is 31.1 Å². The van der Waals surface area contributed by atoms with Crippen LogP contribution in [0.1, 0.15) is 33.1 Å². The highest BCUT2D eigenvalue weighted by molar-refractivity contribution is 6.10. The van der Waals surface area contributed by atoms with Crippen LogP contribution in [-0.2, 0) is 12.7 Å². The number of nitrogens with zero attached hydrogens (tertiary/aromatic N) is 1.